The van der Waals surface area contributed by atoms with Crippen LogP contribution in [0, 0.1) is 0 Å². The van der Waals surface area contributed by atoms with Gasteiger partial charge in [-0.3, -0.25) is 0 Å². The predicted molar refractivity (Wildman–Crippen MR) is 59.6 cm³/mol. The summed E-state index contributed by atoms with van der Waals surface area (Å²) in [4.78, 5) is 10.0. The summed E-state index contributed by atoms with van der Waals surface area (Å²) in [7, 11) is 3.66. The summed E-state index contributed by atoms with van der Waals surface area (Å²) in [6.07, 6.45) is 1.49. The lowest BCUT2D eigenvalue weighted by molar-refractivity contribution is 0.304. The Hall–Kier alpha value is -0.880. The summed E-state index contributed by atoms with van der Waals surface area (Å²) in [5.74, 6) is 1.50. The van der Waals surface area contributed by atoms with Crippen molar-refractivity contribution in [2.45, 2.75) is 0 Å². The van der Waals surface area contributed by atoms with Crippen molar-refractivity contribution in [1.29, 1.82) is 0 Å². The minimum absolute atomic E-state index is 0.0990. The molecule has 0 fully saturated rings. The lowest BCUT2D eigenvalue weighted by atomic mass is 10.4. The van der Waals surface area contributed by atoms with Crippen LogP contribution < -0.4 is 10.2 Å². The van der Waals surface area contributed by atoms with Crippen molar-refractivity contribution in [3.63, 3.8) is 0 Å². The molecule has 0 radical (unpaired) electrons. The number of aromatic nitrogens is 2. The van der Waals surface area contributed by atoms with Crippen molar-refractivity contribution in [3.8, 4) is 0 Å². The Bertz CT molecular complexity index is 307. The molecule has 1 aromatic heterocycles. The predicted octanol–water partition coefficient (Wildman–Crippen LogP) is 0.709. The average Bonchev–Trinajstić information content (AvgIpc) is 2.18. The van der Waals surface area contributed by atoms with Gasteiger partial charge in [-0.15, -0.1) is 0 Å². The highest BCUT2D eigenvalue weighted by Crippen LogP contribution is 2.27. The highest BCUT2D eigenvalue weighted by molar-refractivity contribution is 9.10. The SMILES string of the molecule is CNc1ncnc(N(C)CCO)c1Br. The zero-order valence-corrected chi connectivity index (χ0v) is 9.74. The van der Waals surface area contributed by atoms with Crippen LogP contribution in [0.2, 0.25) is 0 Å². The van der Waals surface area contributed by atoms with Gasteiger partial charge in [-0.25, -0.2) is 9.97 Å². The zero-order chi connectivity index (χ0) is 10.6. The van der Waals surface area contributed by atoms with E-state index in [9.17, 15) is 0 Å². The van der Waals surface area contributed by atoms with Gasteiger partial charge in [0.1, 0.15) is 22.4 Å². The molecule has 0 aliphatic carbocycles. The number of aliphatic hydroxyl groups is 1. The molecule has 0 bridgehead atoms. The van der Waals surface area contributed by atoms with Crippen molar-refractivity contribution < 1.29 is 5.11 Å². The molecule has 1 rings (SSSR count). The topological polar surface area (TPSA) is 61.3 Å². The summed E-state index contributed by atoms with van der Waals surface area (Å²) in [6.45, 7) is 0.639. The standard InChI is InChI=1S/C8H13BrN4O/c1-10-7-6(9)8(12-5-11-7)13(2)3-4-14/h5,14H,3-4H2,1-2H3,(H,10,11,12). The lowest BCUT2D eigenvalue weighted by Crippen LogP contribution is -2.23. The van der Waals surface area contributed by atoms with E-state index < -0.39 is 0 Å². The molecular formula is C8H13BrN4O. The number of nitrogens with one attached hydrogen (secondary N) is 1. The van der Waals surface area contributed by atoms with E-state index in [2.05, 4.69) is 31.2 Å². The summed E-state index contributed by atoms with van der Waals surface area (Å²) in [5, 5.41) is 11.7. The third-order valence-electron chi connectivity index (χ3n) is 1.80. The Kier molecular flexibility index (Phi) is 4.09. The first kappa shape index (κ1) is 11.2. The fourth-order valence-corrected chi connectivity index (χ4v) is 1.76. The molecule has 0 unspecified atom stereocenters. The molecule has 5 nitrogen and oxygen atoms in total. The molecule has 0 atom stereocenters. The number of likely N-dealkylation sites (N-methyl/N-ethyl adjacent to an activating group) is 1. The summed E-state index contributed by atoms with van der Waals surface area (Å²) < 4.78 is 0.804. The third kappa shape index (κ3) is 2.33. The molecule has 2 N–H and O–H groups in total. The fraction of sp³-hybridized carbons (Fsp3) is 0.500. The lowest BCUT2D eigenvalue weighted by Gasteiger charge is -2.18. The maximum Gasteiger partial charge on any atom is 0.148 e. The van der Waals surface area contributed by atoms with E-state index in [1.165, 1.54) is 6.33 Å². The number of hydrogen-bond acceptors (Lipinski definition) is 5. The molecule has 0 saturated heterocycles. The maximum absolute atomic E-state index is 8.80. The van der Waals surface area contributed by atoms with Crippen LogP contribution in [0.1, 0.15) is 0 Å². The second-order valence-corrected chi connectivity index (χ2v) is 3.55. The van der Waals surface area contributed by atoms with Gasteiger partial charge in [0.25, 0.3) is 0 Å². The summed E-state index contributed by atoms with van der Waals surface area (Å²) in [5.41, 5.74) is 0. The smallest absolute Gasteiger partial charge is 0.148 e. The molecule has 1 heterocycles. The molecule has 0 amide bonds. The summed E-state index contributed by atoms with van der Waals surface area (Å²) in [6, 6.07) is 0. The van der Waals surface area contributed by atoms with E-state index in [-0.39, 0.29) is 6.61 Å². The number of hydrogen-bond donors (Lipinski definition) is 2. The molecule has 0 aromatic carbocycles. The van der Waals surface area contributed by atoms with E-state index in [1.807, 2.05) is 11.9 Å². The van der Waals surface area contributed by atoms with Crippen molar-refractivity contribution in [2.24, 2.45) is 0 Å². The number of halogens is 1. The molecular weight excluding hydrogens is 248 g/mol. The average molecular weight is 261 g/mol. The zero-order valence-electron chi connectivity index (χ0n) is 8.16. The van der Waals surface area contributed by atoms with E-state index >= 15 is 0 Å². The van der Waals surface area contributed by atoms with Gasteiger partial charge in [0.15, 0.2) is 0 Å². The Morgan fingerprint density at radius 1 is 1.57 bits per heavy atom. The van der Waals surface area contributed by atoms with E-state index in [0.717, 1.165) is 16.1 Å². The van der Waals surface area contributed by atoms with Crippen LogP contribution >= 0.6 is 15.9 Å². The van der Waals surface area contributed by atoms with Crippen LogP contribution in [0.4, 0.5) is 11.6 Å². The first-order chi connectivity index (χ1) is 6.70. The minimum Gasteiger partial charge on any atom is -0.395 e. The normalized spacial score (nSPS) is 10.0. The Morgan fingerprint density at radius 3 is 2.86 bits per heavy atom. The Morgan fingerprint density at radius 2 is 2.29 bits per heavy atom. The van der Waals surface area contributed by atoms with Crippen LogP contribution in [-0.4, -0.2) is 42.3 Å². The molecule has 0 saturated carbocycles. The second-order valence-electron chi connectivity index (χ2n) is 2.76. The maximum atomic E-state index is 8.80. The second kappa shape index (κ2) is 5.11. The largest absolute Gasteiger partial charge is 0.395 e. The third-order valence-corrected chi connectivity index (χ3v) is 2.54. The van der Waals surface area contributed by atoms with Gasteiger partial charge in [-0.1, -0.05) is 0 Å². The minimum atomic E-state index is 0.0990. The van der Waals surface area contributed by atoms with Gasteiger partial charge in [0.2, 0.25) is 0 Å². The Labute approximate surface area is 91.3 Å². The first-order valence-electron chi connectivity index (χ1n) is 4.21. The quantitative estimate of drug-likeness (QED) is 0.835. The fourth-order valence-electron chi connectivity index (χ4n) is 1.06. The first-order valence-corrected chi connectivity index (χ1v) is 5.00. The van der Waals surface area contributed by atoms with Crippen LogP contribution in [0.3, 0.4) is 0 Å². The molecule has 6 heteroatoms. The van der Waals surface area contributed by atoms with Crippen LogP contribution in [0.5, 0.6) is 0 Å². The highest BCUT2D eigenvalue weighted by Gasteiger charge is 2.10. The monoisotopic (exact) mass is 260 g/mol. The molecule has 14 heavy (non-hydrogen) atoms. The molecule has 0 aliphatic rings. The van der Waals surface area contributed by atoms with Crippen LogP contribution in [0.15, 0.2) is 10.8 Å². The van der Waals surface area contributed by atoms with Gasteiger partial charge in [-0.2, -0.15) is 0 Å². The van der Waals surface area contributed by atoms with Crippen LogP contribution in [-0.2, 0) is 0 Å². The summed E-state index contributed by atoms with van der Waals surface area (Å²) >= 11 is 3.40. The van der Waals surface area contributed by atoms with Crippen molar-refractivity contribution >= 4 is 27.6 Å². The van der Waals surface area contributed by atoms with Crippen molar-refractivity contribution in [3.05, 3.63) is 10.8 Å². The molecule has 78 valence electrons. The molecule has 1 aromatic rings. The van der Waals surface area contributed by atoms with Gasteiger partial charge in [0, 0.05) is 20.6 Å². The Balaban J connectivity index is 2.96. The van der Waals surface area contributed by atoms with Gasteiger partial charge < -0.3 is 15.3 Å². The van der Waals surface area contributed by atoms with E-state index in [4.69, 9.17) is 5.11 Å². The van der Waals surface area contributed by atoms with Crippen molar-refractivity contribution in [2.75, 3.05) is 37.5 Å². The number of nitrogens with zero attached hydrogens (tertiary/aromatic N) is 3. The van der Waals surface area contributed by atoms with Gasteiger partial charge in [-0.05, 0) is 15.9 Å². The van der Waals surface area contributed by atoms with Gasteiger partial charge in [0.05, 0.1) is 6.61 Å². The van der Waals surface area contributed by atoms with Gasteiger partial charge >= 0.3 is 0 Å². The number of anilines is 2. The molecule has 0 aliphatic heterocycles. The molecule has 0 spiro atoms. The highest BCUT2D eigenvalue weighted by atomic mass is 79.9. The van der Waals surface area contributed by atoms with Crippen molar-refractivity contribution in [1.82, 2.24) is 9.97 Å². The van der Waals surface area contributed by atoms with E-state index in [1.54, 1.807) is 7.05 Å². The number of aliphatic hydroxyl groups excluding tert-OH is 1. The van der Waals surface area contributed by atoms with Crippen LogP contribution in [0.25, 0.3) is 0 Å². The van der Waals surface area contributed by atoms with E-state index in [0.29, 0.717) is 6.54 Å². The number of rotatable bonds is 4.